The van der Waals surface area contributed by atoms with E-state index in [2.05, 4.69) is 4.74 Å². The SMILES string of the molecule is CC(OC(=O)[C@H](C)O)C(F)F. The van der Waals surface area contributed by atoms with E-state index in [1.54, 1.807) is 0 Å². The number of hydrogen-bond acceptors (Lipinski definition) is 3. The summed E-state index contributed by atoms with van der Waals surface area (Å²) in [7, 11) is 0. The molecule has 0 radical (unpaired) electrons. The van der Waals surface area contributed by atoms with Crippen LogP contribution in [0.5, 0.6) is 0 Å². The molecule has 0 saturated carbocycles. The van der Waals surface area contributed by atoms with E-state index in [0.717, 1.165) is 13.8 Å². The van der Waals surface area contributed by atoms with E-state index in [1.165, 1.54) is 0 Å². The maximum absolute atomic E-state index is 11.7. The van der Waals surface area contributed by atoms with E-state index >= 15 is 0 Å². The van der Waals surface area contributed by atoms with Crippen molar-refractivity contribution in [3.63, 3.8) is 0 Å². The van der Waals surface area contributed by atoms with Gasteiger partial charge in [0.05, 0.1) is 0 Å². The quantitative estimate of drug-likeness (QED) is 0.626. The number of halogens is 2. The fraction of sp³-hybridized carbons (Fsp3) is 0.833. The van der Waals surface area contributed by atoms with Crippen LogP contribution >= 0.6 is 0 Å². The van der Waals surface area contributed by atoms with Gasteiger partial charge in [-0.05, 0) is 13.8 Å². The van der Waals surface area contributed by atoms with Crippen LogP contribution in [0.1, 0.15) is 13.8 Å². The highest BCUT2D eigenvalue weighted by Gasteiger charge is 2.21. The first-order chi connectivity index (χ1) is 4.95. The second-order valence-corrected chi connectivity index (χ2v) is 2.15. The molecule has 0 aromatic rings. The third-order valence-electron chi connectivity index (χ3n) is 0.998. The number of aliphatic hydroxyl groups is 1. The smallest absolute Gasteiger partial charge is 0.335 e. The average Bonchev–Trinajstić information content (AvgIpc) is 1.87. The highest BCUT2D eigenvalue weighted by atomic mass is 19.3. The lowest BCUT2D eigenvalue weighted by Crippen LogP contribution is -2.28. The van der Waals surface area contributed by atoms with Gasteiger partial charge in [0, 0.05) is 0 Å². The van der Waals surface area contributed by atoms with Gasteiger partial charge in [0.1, 0.15) is 6.10 Å². The van der Waals surface area contributed by atoms with Crippen molar-refractivity contribution in [3.05, 3.63) is 0 Å². The van der Waals surface area contributed by atoms with Gasteiger partial charge in [-0.3, -0.25) is 0 Å². The van der Waals surface area contributed by atoms with E-state index in [-0.39, 0.29) is 0 Å². The van der Waals surface area contributed by atoms with Gasteiger partial charge >= 0.3 is 5.97 Å². The summed E-state index contributed by atoms with van der Waals surface area (Å²) in [6, 6.07) is 0. The average molecular weight is 168 g/mol. The summed E-state index contributed by atoms with van der Waals surface area (Å²) in [6.45, 7) is 2.21. The van der Waals surface area contributed by atoms with Crippen molar-refractivity contribution in [2.24, 2.45) is 0 Å². The molecule has 0 rings (SSSR count). The predicted molar refractivity (Wildman–Crippen MR) is 33.2 cm³/mol. The number of alkyl halides is 2. The molecule has 0 aliphatic carbocycles. The minimum absolute atomic E-state index is 1.03. The number of ether oxygens (including phenoxy) is 1. The van der Waals surface area contributed by atoms with Gasteiger partial charge in [0.15, 0.2) is 6.10 Å². The van der Waals surface area contributed by atoms with E-state index in [4.69, 9.17) is 5.11 Å². The Hall–Kier alpha value is -0.710. The Morgan fingerprint density at radius 1 is 1.45 bits per heavy atom. The summed E-state index contributed by atoms with van der Waals surface area (Å²) >= 11 is 0. The molecule has 11 heavy (non-hydrogen) atoms. The number of carbonyl (C=O) groups excluding carboxylic acids is 1. The lowest BCUT2D eigenvalue weighted by Gasteiger charge is -2.12. The molecule has 66 valence electrons. The molecule has 0 spiro atoms. The normalized spacial score (nSPS) is 16.2. The first kappa shape index (κ1) is 10.3. The summed E-state index contributed by atoms with van der Waals surface area (Å²) in [5.41, 5.74) is 0. The van der Waals surface area contributed by atoms with E-state index in [1.807, 2.05) is 0 Å². The molecule has 0 fully saturated rings. The fourth-order valence-electron chi connectivity index (χ4n) is 0.333. The molecule has 0 saturated heterocycles. The Morgan fingerprint density at radius 2 is 1.91 bits per heavy atom. The minimum atomic E-state index is -2.71. The third-order valence-corrected chi connectivity index (χ3v) is 0.998. The Labute approximate surface area is 63.0 Å². The number of aliphatic hydroxyl groups excluding tert-OH is 1. The van der Waals surface area contributed by atoms with Crippen LogP contribution in [-0.4, -0.2) is 29.7 Å². The number of rotatable bonds is 3. The number of hydrogen-bond donors (Lipinski definition) is 1. The van der Waals surface area contributed by atoms with Crippen molar-refractivity contribution in [2.75, 3.05) is 0 Å². The fourth-order valence-corrected chi connectivity index (χ4v) is 0.333. The van der Waals surface area contributed by atoms with Crippen LogP contribution < -0.4 is 0 Å². The van der Waals surface area contributed by atoms with Crippen LogP contribution in [0.25, 0.3) is 0 Å². The molecule has 0 aromatic heterocycles. The zero-order valence-electron chi connectivity index (χ0n) is 6.25. The van der Waals surface area contributed by atoms with Crippen LogP contribution in [0.4, 0.5) is 8.78 Å². The van der Waals surface area contributed by atoms with Crippen LogP contribution in [0.15, 0.2) is 0 Å². The van der Waals surface area contributed by atoms with Gasteiger partial charge in [-0.25, -0.2) is 13.6 Å². The van der Waals surface area contributed by atoms with Crippen molar-refractivity contribution in [2.45, 2.75) is 32.5 Å². The maximum Gasteiger partial charge on any atom is 0.335 e. The third kappa shape index (κ3) is 3.87. The zero-order valence-corrected chi connectivity index (χ0v) is 6.25. The monoisotopic (exact) mass is 168 g/mol. The van der Waals surface area contributed by atoms with E-state index in [9.17, 15) is 13.6 Å². The van der Waals surface area contributed by atoms with Crippen LogP contribution in [0, 0.1) is 0 Å². The van der Waals surface area contributed by atoms with Crippen molar-refractivity contribution in [1.82, 2.24) is 0 Å². The molecule has 0 heterocycles. The van der Waals surface area contributed by atoms with Gasteiger partial charge < -0.3 is 9.84 Å². The van der Waals surface area contributed by atoms with Crippen molar-refractivity contribution in [1.29, 1.82) is 0 Å². The topological polar surface area (TPSA) is 46.5 Å². The van der Waals surface area contributed by atoms with E-state index < -0.39 is 24.6 Å². The van der Waals surface area contributed by atoms with Crippen LogP contribution in [0.3, 0.4) is 0 Å². The zero-order chi connectivity index (χ0) is 9.02. The summed E-state index contributed by atoms with van der Waals surface area (Å²) in [5.74, 6) is -1.03. The molecular formula is C6H10F2O3. The molecule has 0 aliphatic heterocycles. The molecule has 3 nitrogen and oxygen atoms in total. The Balaban J connectivity index is 3.76. The van der Waals surface area contributed by atoms with Gasteiger partial charge in [-0.2, -0.15) is 0 Å². The first-order valence-corrected chi connectivity index (χ1v) is 3.12. The number of esters is 1. The summed E-state index contributed by atoms with van der Waals surface area (Å²) in [4.78, 5) is 10.5. The molecule has 5 heteroatoms. The molecular weight excluding hydrogens is 158 g/mol. The Morgan fingerprint density at radius 3 is 2.18 bits per heavy atom. The van der Waals surface area contributed by atoms with Crippen molar-refractivity contribution < 1.29 is 23.4 Å². The minimum Gasteiger partial charge on any atom is -0.455 e. The second-order valence-electron chi connectivity index (χ2n) is 2.15. The van der Waals surface area contributed by atoms with Gasteiger partial charge in [-0.1, -0.05) is 0 Å². The molecule has 1 N–H and O–H groups in total. The van der Waals surface area contributed by atoms with Crippen molar-refractivity contribution >= 4 is 5.97 Å². The molecule has 0 aliphatic rings. The van der Waals surface area contributed by atoms with Gasteiger partial charge in [0.2, 0.25) is 0 Å². The van der Waals surface area contributed by atoms with Gasteiger partial charge in [-0.15, -0.1) is 0 Å². The summed E-state index contributed by atoms with van der Waals surface area (Å²) in [5, 5.41) is 8.53. The van der Waals surface area contributed by atoms with E-state index in [0.29, 0.717) is 0 Å². The second kappa shape index (κ2) is 4.23. The standard InChI is InChI=1S/C6H10F2O3/c1-3(9)6(10)11-4(2)5(7)8/h3-5,9H,1-2H3/t3-,4?/m0/s1. The number of carbonyl (C=O) groups is 1. The Bertz CT molecular complexity index is 136. The highest BCUT2D eigenvalue weighted by molar-refractivity contribution is 5.73. The molecule has 0 bridgehead atoms. The van der Waals surface area contributed by atoms with Gasteiger partial charge in [0.25, 0.3) is 6.43 Å². The van der Waals surface area contributed by atoms with Crippen LogP contribution in [-0.2, 0) is 9.53 Å². The lowest BCUT2D eigenvalue weighted by molar-refractivity contribution is -0.164. The van der Waals surface area contributed by atoms with Crippen LogP contribution in [0.2, 0.25) is 0 Å². The molecule has 1 unspecified atom stereocenters. The highest BCUT2D eigenvalue weighted by Crippen LogP contribution is 2.05. The summed E-state index contributed by atoms with van der Waals surface area (Å²) in [6.07, 6.45) is -5.52. The summed E-state index contributed by atoms with van der Waals surface area (Å²) < 4.78 is 27.5. The Kier molecular flexibility index (Phi) is 3.95. The molecule has 0 amide bonds. The largest absolute Gasteiger partial charge is 0.455 e. The first-order valence-electron chi connectivity index (χ1n) is 3.12. The maximum atomic E-state index is 11.7. The lowest BCUT2D eigenvalue weighted by atomic mass is 10.4. The van der Waals surface area contributed by atoms with Crippen molar-refractivity contribution in [3.8, 4) is 0 Å². The predicted octanol–water partition coefficient (Wildman–Crippen LogP) is 0.564. The molecule has 2 atom stereocenters. The molecule has 0 aromatic carbocycles.